The van der Waals surface area contributed by atoms with Gasteiger partial charge in [-0.3, -0.25) is 9.78 Å². The molecule has 0 radical (unpaired) electrons. The summed E-state index contributed by atoms with van der Waals surface area (Å²) in [6.45, 7) is 9.46. The SMILES string of the molecule is C=C/C(CCO)=C(\C=C/C)c1cc(=O)[nH]c(=O)[nH]1.CC. The minimum absolute atomic E-state index is 0.0319. The zero-order valence-electron chi connectivity index (χ0n) is 12.2. The van der Waals surface area contributed by atoms with E-state index in [4.69, 9.17) is 5.11 Å². The Kier molecular flexibility index (Phi) is 8.70. The quantitative estimate of drug-likeness (QED) is 0.720. The lowest BCUT2D eigenvalue weighted by molar-refractivity contribution is 0.300. The summed E-state index contributed by atoms with van der Waals surface area (Å²) in [5.41, 5.74) is 0.807. The molecule has 0 fully saturated rings. The molecule has 0 spiro atoms. The van der Waals surface area contributed by atoms with Crippen LogP contribution >= 0.6 is 0 Å². The van der Waals surface area contributed by atoms with Crippen molar-refractivity contribution in [2.45, 2.75) is 27.2 Å². The van der Waals surface area contributed by atoms with Crippen LogP contribution in [0.1, 0.15) is 32.9 Å². The number of nitrogens with one attached hydrogen (secondary N) is 2. The van der Waals surface area contributed by atoms with Crippen LogP contribution in [0.15, 0.2) is 46.0 Å². The topological polar surface area (TPSA) is 85.9 Å². The molecule has 110 valence electrons. The average Bonchev–Trinajstić information content (AvgIpc) is 2.44. The number of aliphatic hydroxyl groups excluding tert-OH is 1. The second kappa shape index (κ2) is 9.75. The van der Waals surface area contributed by atoms with E-state index in [2.05, 4.69) is 16.5 Å². The lowest BCUT2D eigenvalue weighted by Gasteiger charge is -2.08. The van der Waals surface area contributed by atoms with Crippen molar-refractivity contribution in [1.82, 2.24) is 9.97 Å². The zero-order valence-corrected chi connectivity index (χ0v) is 12.2. The molecule has 1 rings (SSSR count). The van der Waals surface area contributed by atoms with Crippen LogP contribution in [-0.2, 0) is 0 Å². The Labute approximate surface area is 118 Å². The molecule has 5 nitrogen and oxygen atoms in total. The molecule has 0 saturated carbocycles. The predicted molar refractivity (Wildman–Crippen MR) is 82.7 cm³/mol. The van der Waals surface area contributed by atoms with Gasteiger partial charge in [0.15, 0.2) is 0 Å². The molecule has 0 unspecified atom stereocenters. The Hall–Kier alpha value is -2.14. The number of aromatic amines is 2. The van der Waals surface area contributed by atoms with Gasteiger partial charge in [0.05, 0.1) is 5.69 Å². The third-order valence-electron chi connectivity index (χ3n) is 2.36. The standard InChI is InChI=1S/C13H16N2O3.C2H6/c1-3-5-10(9(4-2)6-7-16)11-8-12(17)15-13(18)14-11;1-2/h3-5,8,16H,2,6-7H2,1H3,(H2,14,15,17,18);1-2H3/b5-3-,10-9-;. The van der Waals surface area contributed by atoms with Gasteiger partial charge < -0.3 is 10.1 Å². The normalized spacial score (nSPS) is 11.6. The Bertz CT molecular complexity index is 563. The number of hydrogen-bond donors (Lipinski definition) is 3. The second-order valence-electron chi connectivity index (χ2n) is 3.62. The molecule has 0 bridgehead atoms. The summed E-state index contributed by atoms with van der Waals surface area (Å²) in [4.78, 5) is 27.2. The summed E-state index contributed by atoms with van der Waals surface area (Å²) in [5.74, 6) is 0. The van der Waals surface area contributed by atoms with Crippen molar-refractivity contribution in [2.24, 2.45) is 0 Å². The zero-order chi connectivity index (χ0) is 15.5. The highest BCUT2D eigenvalue weighted by Crippen LogP contribution is 2.20. The highest BCUT2D eigenvalue weighted by Gasteiger charge is 2.06. The maximum Gasteiger partial charge on any atom is 0.326 e. The molecule has 0 aliphatic heterocycles. The van der Waals surface area contributed by atoms with E-state index in [1.807, 2.05) is 20.8 Å². The molecule has 0 aliphatic carbocycles. The van der Waals surface area contributed by atoms with Gasteiger partial charge in [-0.2, -0.15) is 0 Å². The smallest absolute Gasteiger partial charge is 0.326 e. The van der Waals surface area contributed by atoms with Crippen LogP contribution in [0.3, 0.4) is 0 Å². The molecule has 1 aromatic heterocycles. The van der Waals surface area contributed by atoms with Gasteiger partial charge in [-0.25, -0.2) is 4.79 Å². The van der Waals surface area contributed by atoms with E-state index >= 15 is 0 Å². The third kappa shape index (κ3) is 5.24. The molecule has 1 aromatic rings. The van der Waals surface area contributed by atoms with Crippen LogP contribution in [0, 0.1) is 0 Å². The van der Waals surface area contributed by atoms with E-state index in [-0.39, 0.29) is 6.61 Å². The van der Waals surface area contributed by atoms with E-state index in [1.54, 1.807) is 18.2 Å². The highest BCUT2D eigenvalue weighted by molar-refractivity contribution is 5.76. The maximum atomic E-state index is 11.3. The summed E-state index contributed by atoms with van der Waals surface area (Å²) in [6.07, 6.45) is 5.55. The number of rotatable bonds is 5. The Morgan fingerprint density at radius 1 is 1.35 bits per heavy atom. The van der Waals surface area contributed by atoms with Crippen LogP contribution in [0.25, 0.3) is 5.57 Å². The molecule has 0 amide bonds. The Morgan fingerprint density at radius 2 is 2.00 bits per heavy atom. The van der Waals surface area contributed by atoms with Crippen molar-refractivity contribution in [1.29, 1.82) is 0 Å². The highest BCUT2D eigenvalue weighted by atomic mass is 16.3. The molecule has 1 heterocycles. The predicted octanol–water partition coefficient (Wildman–Crippen LogP) is 1.99. The molecule has 0 aliphatic rings. The van der Waals surface area contributed by atoms with Gasteiger partial charge in [0, 0.05) is 18.2 Å². The number of allylic oxidation sites excluding steroid dienone is 4. The van der Waals surface area contributed by atoms with Crippen LogP contribution in [0.5, 0.6) is 0 Å². The molecular formula is C15H22N2O3. The van der Waals surface area contributed by atoms with E-state index < -0.39 is 11.2 Å². The number of aliphatic hydroxyl groups is 1. The van der Waals surface area contributed by atoms with E-state index in [1.165, 1.54) is 6.07 Å². The van der Waals surface area contributed by atoms with Gasteiger partial charge in [-0.05, 0) is 18.9 Å². The minimum atomic E-state index is -0.563. The lowest BCUT2D eigenvalue weighted by atomic mass is 10.0. The van der Waals surface area contributed by atoms with E-state index in [0.717, 1.165) is 5.57 Å². The fraction of sp³-hybridized carbons (Fsp3) is 0.333. The van der Waals surface area contributed by atoms with Gasteiger partial charge in [0.2, 0.25) is 0 Å². The molecule has 5 heteroatoms. The molecule has 3 N–H and O–H groups in total. The maximum absolute atomic E-state index is 11.3. The minimum Gasteiger partial charge on any atom is -0.396 e. The first-order valence-corrected chi connectivity index (χ1v) is 6.55. The number of aromatic nitrogens is 2. The molecular weight excluding hydrogens is 256 g/mol. The summed E-state index contributed by atoms with van der Waals surface area (Å²) < 4.78 is 0. The van der Waals surface area contributed by atoms with Crippen LogP contribution in [0.4, 0.5) is 0 Å². The first kappa shape index (κ1) is 17.9. The fourth-order valence-electron chi connectivity index (χ4n) is 1.62. The second-order valence-corrected chi connectivity index (χ2v) is 3.62. The van der Waals surface area contributed by atoms with E-state index in [9.17, 15) is 9.59 Å². The van der Waals surface area contributed by atoms with Gasteiger partial charge in [0.25, 0.3) is 5.56 Å². The summed E-state index contributed by atoms with van der Waals surface area (Å²) in [6, 6.07) is 1.30. The monoisotopic (exact) mass is 278 g/mol. The number of hydrogen-bond acceptors (Lipinski definition) is 3. The Balaban J connectivity index is 0.00000172. The van der Waals surface area contributed by atoms with Gasteiger partial charge in [-0.15, -0.1) is 0 Å². The number of H-pyrrole nitrogens is 2. The summed E-state index contributed by atoms with van der Waals surface area (Å²) in [7, 11) is 0. The summed E-state index contributed by atoms with van der Waals surface area (Å²) in [5, 5.41) is 9.00. The van der Waals surface area contributed by atoms with Crippen LogP contribution < -0.4 is 11.2 Å². The van der Waals surface area contributed by atoms with Crippen molar-refractivity contribution >= 4 is 5.57 Å². The molecule has 0 saturated heterocycles. The third-order valence-corrected chi connectivity index (χ3v) is 2.36. The molecule has 20 heavy (non-hydrogen) atoms. The molecule has 0 aromatic carbocycles. The average molecular weight is 278 g/mol. The largest absolute Gasteiger partial charge is 0.396 e. The molecule has 0 atom stereocenters. The van der Waals surface area contributed by atoms with Crippen LogP contribution in [-0.4, -0.2) is 21.7 Å². The first-order chi connectivity index (χ1) is 9.62. The van der Waals surface area contributed by atoms with E-state index in [0.29, 0.717) is 17.7 Å². The van der Waals surface area contributed by atoms with Gasteiger partial charge in [0.1, 0.15) is 0 Å². The summed E-state index contributed by atoms with van der Waals surface area (Å²) >= 11 is 0. The Morgan fingerprint density at radius 3 is 2.45 bits per heavy atom. The van der Waals surface area contributed by atoms with Crippen molar-refractivity contribution in [3.8, 4) is 0 Å². The van der Waals surface area contributed by atoms with Crippen molar-refractivity contribution in [3.63, 3.8) is 0 Å². The van der Waals surface area contributed by atoms with Crippen molar-refractivity contribution < 1.29 is 5.11 Å². The fourth-order valence-corrected chi connectivity index (χ4v) is 1.62. The first-order valence-electron chi connectivity index (χ1n) is 6.55. The van der Waals surface area contributed by atoms with Crippen molar-refractivity contribution in [3.05, 3.63) is 63.0 Å². The van der Waals surface area contributed by atoms with Crippen LogP contribution in [0.2, 0.25) is 0 Å². The van der Waals surface area contributed by atoms with Crippen molar-refractivity contribution in [2.75, 3.05) is 6.61 Å². The van der Waals surface area contributed by atoms with Gasteiger partial charge >= 0.3 is 5.69 Å². The van der Waals surface area contributed by atoms with Gasteiger partial charge in [-0.1, -0.05) is 38.7 Å². The lowest BCUT2D eigenvalue weighted by Crippen LogP contribution is -2.22.